The van der Waals surface area contributed by atoms with Crippen LogP contribution in [0.5, 0.6) is 0 Å². The third kappa shape index (κ3) is 3.62. The summed E-state index contributed by atoms with van der Waals surface area (Å²) in [5.41, 5.74) is 0.359. The number of nitrogens with one attached hydrogen (secondary N) is 1. The van der Waals surface area contributed by atoms with E-state index in [2.05, 4.69) is 31.1 Å². The van der Waals surface area contributed by atoms with Crippen molar-refractivity contribution in [2.45, 2.75) is 39.7 Å². The van der Waals surface area contributed by atoms with Gasteiger partial charge in [-0.1, -0.05) is 32.5 Å². The molecular weight excluding hydrogens is 232 g/mol. The third-order valence-corrected chi connectivity index (χ3v) is 4.99. The summed E-state index contributed by atoms with van der Waals surface area (Å²) in [5.74, 6) is 1.83. The van der Waals surface area contributed by atoms with E-state index >= 15 is 0 Å². The number of aliphatic imine (C=N–C) groups is 1. The van der Waals surface area contributed by atoms with Gasteiger partial charge in [-0.15, -0.1) is 0 Å². The lowest BCUT2D eigenvalue weighted by atomic mass is 9.97. The monoisotopic (exact) mass is 256 g/mol. The molecule has 0 saturated carbocycles. The van der Waals surface area contributed by atoms with Gasteiger partial charge in [-0.05, 0) is 18.3 Å². The summed E-state index contributed by atoms with van der Waals surface area (Å²) in [6.07, 6.45) is 2.77. The van der Waals surface area contributed by atoms with E-state index < -0.39 is 0 Å². The highest BCUT2D eigenvalue weighted by Crippen LogP contribution is 2.28. The third-order valence-electron chi connectivity index (χ3n) is 3.51. The minimum absolute atomic E-state index is 0.359. The molecule has 2 unspecified atom stereocenters. The zero-order chi connectivity index (χ0) is 12.3. The first-order chi connectivity index (χ1) is 8.11. The fourth-order valence-electron chi connectivity index (χ4n) is 2.34. The molecule has 2 heterocycles. The van der Waals surface area contributed by atoms with E-state index in [0.717, 1.165) is 37.0 Å². The summed E-state index contributed by atoms with van der Waals surface area (Å²) in [5, 5.41) is 4.63. The van der Waals surface area contributed by atoms with E-state index in [1.165, 1.54) is 6.42 Å². The Morgan fingerprint density at radius 1 is 1.53 bits per heavy atom. The van der Waals surface area contributed by atoms with Gasteiger partial charge in [0.05, 0.1) is 6.10 Å². The van der Waals surface area contributed by atoms with Gasteiger partial charge in [0, 0.05) is 31.4 Å². The Morgan fingerprint density at radius 3 is 3.00 bits per heavy atom. The first kappa shape index (κ1) is 13.2. The van der Waals surface area contributed by atoms with Crippen molar-refractivity contribution < 1.29 is 4.74 Å². The summed E-state index contributed by atoms with van der Waals surface area (Å²) in [7, 11) is 0. The van der Waals surface area contributed by atoms with Gasteiger partial charge in [0.1, 0.15) is 0 Å². The van der Waals surface area contributed by atoms with E-state index in [-0.39, 0.29) is 0 Å². The van der Waals surface area contributed by atoms with Crippen molar-refractivity contribution >= 4 is 16.9 Å². The summed E-state index contributed by atoms with van der Waals surface area (Å²) < 4.78 is 5.70. The summed E-state index contributed by atoms with van der Waals surface area (Å²) in [6, 6.07) is 0. The molecule has 3 nitrogen and oxygen atoms in total. The molecule has 0 spiro atoms. The van der Waals surface area contributed by atoms with E-state index in [1.54, 1.807) is 0 Å². The molecule has 0 amide bonds. The largest absolute Gasteiger partial charge is 0.378 e. The maximum atomic E-state index is 5.70. The van der Waals surface area contributed by atoms with Crippen LogP contribution in [0.1, 0.15) is 33.6 Å². The molecule has 2 aliphatic heterocycles. The highest BCUT2D eigenvalue weighted by atomic mass is 32.2. The SMILES string of the molecule is CCC1OCCC1CNC1=NCC(C)(C)CS1. The molecule has 0 aromatic carbocycles. The first-order valence-electron chi connectivity index (χ1n) is 6.63. The predicted octanol–water partition coefficient (Wildman–Crippen LogP) is 2.52. The maximum Gasteiger partial charge on any atom is 0.156 e. The minimum Gasteiger partial charge on any atom is -0.378 e. The Bertz CT molecular complexity index is 291. The van der Waals surface area contributed by atoms with Gasteiger partial charge in [-0.25, -0.2) is 0 Å². The van der Waals surface area contributed by atoms with Crippen LogP contribution in [0.2, 0.25) is 0 Å². The summed E-state index contributed by atoms with van der Waals surface area (Å²) >= 11 is 1.86. The van der Waals surface area contributed by atoms with Crippen LogP contribution in [0.3, 0.4) is 0 Å². The highest BCUT2D eigenvalue weighted by molar-refractivity contribution is 8.13. The average Bonchev–Trinajstić information content (AvgIpc) is 2.75. The van der Waals surface area contributed by atoms with Crippen LogP contribution in [0.15, 0.2) is 4.99 Å². The van der Waals surface area contributed by atoms with Crippen LogP contribution in [-0.4, -0.2) is 36.7 Å². The molecule has 98 valence electrons. The molecule has 2 atom stereocenters. The molecule has 4 heteroatoms. The number of rotatable bonds is 3. The average molecular weight is 256 g/mol. The quantitative estimate of drug-likeness (QED) is 0.842. The van der Waals surface area contributed by atoms with E-state index in [0.29, 0.717) is 17.4 Å². The number of nitrogens with zero attached hydrogens (tertiary/aromatic N) is 1. The highest BCUT2D eigenvalue weighted by Gasteiger charge is 2.28. The molecule has 0 bridgehead atoms. The van der Waals surface area contributed by atoms with Gasteiger partial charge in [0.2, 0.25) is 0 Å². The smallest absolute Gasteiger partial charge is 0.156 e. The van der Waals surface area contributed by atoms with Crippen LogP contribution >= 0.6 is 11.8 Å². The second-order valence-electron chi connectivity index (χ2n) is 5.82. The fraction of sp³-hybridized carbons (Fsp3) is 0.923. The lowest BCUT2D eigenvalue weighted by Crippen LogP contribution is -2.35. The van der Waals surface area contributed by atoms with Crippen molar-refractivity contribution in [3.63, 3.8) is 0 Å². The van der Waals surface area contributed by atoms with Gasteiger partial charge in [-0.3, -0.25) is 4.99 Å². The minimum atomic E-state index is 0.359. The number of thioether (sulfide) groups is 1. The number of hydrogen-bond donors (Lipinski definition) is 1. The lowest BCUT2D eigenvalue weighted by Gasteiger charge is -2.28. The molecule has 1 fully saturated rings. The maximum absolute atomic E-state index is 5.70. The molecule has 0 aliphatic carbocycles. The van der Waals surface area contributed by atoms with Gasteiger partial charge < -0.3 is 10.1 Å². The first-order valence-corrected chi connectivity index (χ1v) is 7.62. The Labute approximate surface area is 109 Å². The van der Waals surface area contributed by atoms with Crippen LogP contribution in [0, 0.1) is 11.3 Å². The van der Waals surface area contributed by atoms with Gasteiger partial charge in [-0.2, -0.15) is 0 Å². The molecule has 2 rings (SSSR count). The van der Waals surface area contributed by atoms with Crippen LogP contribution in [0.25, 0.3) is 0 Å². The number of hydrogen-bond acceptors (Lipinski definition) is 4. The molecule has 0 radical (unpaired) electrons. The van der Waals surface area contributed by atoms with Crippen LogP contribution in [0.4, 0.5) is 0 Å². The normalized spacial score (nSPS) is 32.3. The second kappa shape index (κ2) is 5.61. The molecule has 1 N–H and O–H groups in total. The Hall–Kier alpha value is -0.220. The van der Waals surface area contributed by atoms with Gasteiger partial charge in [0.15, 0.2) is 5.17 Å². The zero-order valence-electron chi connectivity index (χ0n) is 11.2. The Morgan fingerprint density at radius 2 is 2.35 bits per heavy atom. The molecule has 2 aliphatic rings. The standard InChI is InChI=1S/C13H24N2OS/c1-4-11-10(5-6-16-11)7-14-12-15-8-13(2,3)9-17-12/h10-11H,4-9H2,1-3H3,(H,14,15). The van der Waals surface area contributed by atoms with E-state index in [4.69, 9.17) is 4.74 Å². The molecule has 1 saturated heterocycles. The summed E-state index contributed by atoms with van der Waals surface area (Å²) in [4.78, 5) is 4.62. The van der Waals surface area contributed by atoms with Crippen molar-refractivity contribution in [2.24, 2.45) is 16.3 Å². The molecule has 0 aromatic heterocycles. The van der Waals surface area contributed by atoms with Crippen molar-refractivity contribution in [3.8, 4) is 0 Å². The zero-order valence-corrected chi connectivity index (χ0v) is 12.0. The number of amidine groups is 1. The van der Waals surface area contributed by atoms with Crippen molar-refractivity contribution in [2.75, 3.05) is 25.4 Å². The Kier molecular flexibility index (Phi) is 4.36. The van der Waals surface area contributed by atoms with Gasteiger partial charge >= 0.3 is 0 Å². The van der Waals surface area contributed by atoms with E-state index in [1.807, 2.05) is 11.8 Å². The summed E-state index contributed by atoms with van der Waals surface area (Å²) in [6.45, 7) is 9.65. The van der Waals surface area contributed by atoms with Crippen molar-refractivity contribution in [3.05, 3.63) is 0 Å². The molecule has 17 heavy (non-hydrogen) atoms. The Balaban J connectivity index is 1.77. The second-order valence-corrected chi connectivity index (χ2v) is 6.79. The molecular formula is C13H24N2OS. The molecule has 0 aromatic rings. The number of ether oxygens (including phenoxy) is 1. The topological polar surface area (TPSA) is 33.6 Å². The van der Waals surface area contributed by atoms with Crippen molar-refractivity contribution in [1.29, 1.82) is 0 Å². The predicted molar refractivity (Wildman–Crippen MR) is 74.7 cm³/mol. The van der Waals surface area contributed by atoms with E-state index in [9.17, 15) is 0 Å². The van der Waals surface area contributed by atoms with Crippen LogP contribution < -0.4 is 5.32 Å². The van der Waals surface area contributed by atoms with Gasteiger partial charge in [0.25, 0.3) is 0 Å². The lowest BCUT2D eigenvalue weighted by molar-refractivity contribution is 0.0883. The fourth-order valence-corrected chi connectivity index (χ4v) is 3.30. The van der Waals surface area contributed by atoms with Crippen molar-refractivity contribution in [1.82, 2.24) is 5.32 Å². The van der Waals surface area contributed by atoms with Crippen LogP contribution in [-0.2, 0) is 4.74 Å².